The van der Waals surface area contributed by atoms with Gasteiger partial charge in [-0.25, -0.2) is 0 Å². The molecule has 0 spiro atoms. The second kappa shape index (κ2) is 5.64. The third-order valence-corrected chi connectivity index (χ3v) is 2.82. The van der Waals surface area contributed by atoms with E-state index in [0.717, 1.165) is 24.1 Å². The lowest BCUT2D eigenvalue weighted by Gasteiger charge is -2.14. The minimum absolute atomic E-state index is 0.536. The SMILES string of the molecule is CCCC(CC)c1ccc(C=O)c(C)n1. The van der Waals surface area contributed by atoms with Crippen molar-refractivity contribution in [2.45, 2.75) is 46.0 Å². The predicted octanol–water partition coefficient (Wildman–Crippen LogP) is 3.50. The molecule has 0 N–H and O–H groups in total. The van der Waals surface area contributed by atoms with Crippen molar-refractivity contribution in [1.82, 2.24) is 4.98 Å². The molecule has 82 valence electrons. The van der Waals surface area contributed by atoms with Gasteiger partial charge in [0.25, 0.3) is 0 Å². The van der Waals surface area contributed by atoms with Gasteiger partial charge in [0.2, 0.25) is 0 Å². The van der Waals surface area contributed by atoms with Gasteiger partial charge in [0, 0.05) is 22.9 Å². The minimum Gasteiger partial charge on any atom is -0.298 e. The molecule has 0 saturated heterocycles. The Balaban J connectivity index is 2.94. The molecule has 0 aliphatic heterocycles. The first kappa shape index (κ1) is 11.9. The van der Waals surface area contributed by atoms with E-state index in [1.54, 1.807) is 0 Å². The van der Waals surface area contributed by atoms with Crippen LogP contribution in [0.5, 0.6) is 0 Å². The Hall–Kier alpha value is -1.18. The summed E-state index contributed by atoms with van der Waals surface area (Å²) in [6.07, 6.45) is 4.33. The highest BCUT2D eigenvalue weighted by Gasteiger charge is 2.10. The molecule has 0 radical (unpaired) electrons. The number of aldehydes is 1. The molecule has 1 unspecified atom stereocenters. The zero-order valence-corrected chi connectivity index (χ0v) is 9.79. The van der Waals surface area contributed by atoms with Crippen LogP contribution < -0.4 is 0 Å². The molecule has 2 heteroatoms. The lowest BCUT2D eigenvalue weighted by molar-refractivity contribution is 0.112. The first-order chi connectivity index (χ1) is 7.22. The Kier molecular flexibility index (Phi) is 4.47. The van der Waals surface area contributed by atoms with Crippen molar-refractivity contribution in [2.24, 2.45) is 0 Å². The van der Waals surface area contributed by atoms with Crippen LogP contribution in [0.2, 0.25) is 0 Å². The second-order valence-corrected chi connectivity index (χ2v) is 3.92. The smallest absolute Gasteiger partial charge is 0.151 e. The highest BCUT2D eigenvalue weighted by Crippen LogP contribution is 2.23. The van der Waals surface area contributed by atoms with Gasteiger partial charge in [0.15, 0.2) is 6.29 Å². The van der Waals surface area contributed by atoms with Crippen molar-refractivity contribution >= 4 is 6.29 Å². The van der Waals surface area contributed by atoms with E-state index < -0.39 is 0 Å². The summed E-state index contributed by atoms with van der Waals surface area (Å²) in [5.41, 5.74) is 2.67. The quantitative estimate of drug-likeness (QED) is 0.689. The van der Waals surface area contributed by atoms with Crippen LogP contribution in [0.25, 0.3) is 0 Å². The second-order valence-electron chi connectivity index (χ2n) is 3.92. The van der Waals surface area contributed by atoms with E-state index in [0.29, 0.717) is 11.5 Å². The molecule has 1 atom stereocenters. The Morgan fingerprint density at radius 2 is 2.13 bits per heavy atom. The average molecular weight is 205 g/mol. The fraction of sp³-hybridized carbons (Fsp3) is 0.538. The molecule has 0 bridgehead atoms. The first-order valence-corrected chi connectivity index (χ1v) is 5.65. The lowest BCUT2D eigenvalue weighted by atomic mass is 9.96. The van der Waals surface area contributed by atoms with Crippen LogP contribution in [0.1, 0.15) is 60.8 Å². The molecule has 0 amide bonds. The van der Waals surface area contributed by atoms with E-state index in [1.807, 2.05) is 19.1 Å². The number of rotatable bonds is 5. The van der Waals surface area contributed by atoms with Gasteiger partial charge in [0.05, 0.1) is 0 Å². The number of carbonyl (C=O) groups excluding carboxylic acids is 1. The van der Waals surface area contributed by atoms with Crippen LogP contribution >= 0.6 is 0 Å². The van der Waals surface area contributed by atoms with Gasteiger partial charge in [0.1, 0.15) is 0 Å². The molecule has 1 aromatic heterocycles. The number of hydrogen-bond acceptors (Lipinski definition) is 2. The zero-order valence-electron chi connectivity index (χ0n) is 9.79. The topological polar surface area (TPSA) is 30.0 Å². The fourth-order valence-corrected chi connectivity index (χ4v) is 1.85. The van der Waals surface area contributed by atoms with Crippen molar-refractivity contribution in [3.63, 3.8) is 0 Å². The molecule has 0 saturated carbocycles. The van der Waals surface area contributed by atoms with E-state index >= 15 is 0 Å². The summed E-state index contributed by atoms with van der Waals surface area (Å²) in [5, 5.41) is 0. The van der Waals surface area contributed by atoms with Gasteiger partial charge < -0.3 is 0 Å². The van der Waals surface area contributed by atoms with Gasteiger partial charge in [-0.15, -0.1) is 0 Å². The van der Waals surface area contributed by atoms with E-state index in [1.165, 1.54) is 12.8 Å². The number of nitrogens with zero attached hydrogens (tertiary/aromatic N) is 1. The number of pyridine rings is 1. The monoisotopic (exact) mass is 205 g/mol. The summed E-state index contributed by atoms with van der Waals surface area (Å²) in [4.78, 5) is 15.2. The summed E-state index contributed by atoms with van der Waals surface area (Å²) < 4.78 is 0. The van der Waals surface area contributed by atoms with E-state index in [-0.39, 0.29) is 0 Å². The Bertz CT molecular complexity index is 333. The first-order valence-electron chi connectivity index (χ1n) is 5.65. The van der Waals surface area contributed by atoms with Crippen molar-refractivity contribution < 1.29 is 4.79 Å². The standard InChI is InChI=1S/C13H19NO/c1-4-6-11(5-2)13-8-7-12(9-15)10(3)14-13/h7-9,11H,4-6H2,1-3H3. The van der Waals surface area contributed by atoms with Crippen molar-refractivity contribution in [1.29, 1.82) is 0 Å². The van der Waals surface area contributed by atoms with Gasteiger partial charge in [-0.1, -0.05) is 20.3 Å². The third-order valence-electron chi connectivity index (χ3n) is 2.82. The molecule has 1 aromatic rings. The molecule has 15 heavy (non-hydrogen) atoms. The fourth-order valence-electron chi connectivity index (χ4n) is 1.85. The van der Waals surface area contributed by atoms with E-state index in [2.05, 4.69) is 18.8 Å². The highest BCUT2D eigenvalue weighted by atomic mass is 16.1. The molecule has 1 heterocycles. The molecular weight excluding hydrogens is 186 g/mol. The van der Waals surface area contributed by atoms with Gasteiger partial charge in [-0.3, -0.25) is 9.78 Å². The third kappa shape index (κ3) is 2.88. The highest BCUT2D eigenvalue weighted by molar-refractivity contribution is 5.76. The van der Waals surface area contributed by atoms with Crippen LogP contribution in [0.15, 0.2) is 12.1 Å². The predicted molar refractivity (Wildman–Crippen MR) is 62.3 cm³/mol. The summed E-state index contributed by atoms with van der Waals surface area (Å²) >= 11 is 0. The van der Waals surface area contributed by atoms with Crippen molar-refractivity contribution in [2.75, 3.05) is 0 Å². The van der Waals surface area contributed by atoms with Crippen molar-refractivity contribution in [3.8, 4) is 0 Å². The van der Waals surface area contributed by atoms with Crippen LogP contribution in [0.4, 0.5) is 0 Å². The van der Waals surface area contributed by atoms with Gasteiger partial charge >= 0.3 is 0 Å². The van der Waals surface area contributed by atoms with Crippen LogP contribution in [0.3, 0.4) is 0 Å². The van der Waals surface area contributed by atoms with Crippen LogP contribution in [0, 0.1) is 6.92 Å². The van der Waals surface area contributed by atoms with Gasteiger partial charge in [-0.05, 0) is 31.9 Å². The van der Waals surface area contributed by atoms with Crippen molar-refractivity contribution in [3.05, 3.63) is 29.1 Å². The Morgan fingerprint density at radius 3 is 2.60 bits per heavy atom. The Morgan fingerprint density at radius 1 is 1.40 bits per heavy atom. The summed E-state index contributed by atoms with van der Waals surface area (Å²) in [6, 6.07) is 3.86. The Labute approximate surface area is 91.7 Å². The van der Waals surface area contributed by atoms with Crippen LogP contribution in [-0.4, -0.2) is 11.3 Å². The van der Waals surface area contributed by atoms with Crippen LogP contribution in [-0.2, 0) is 0 Å². The van der Waals surface area contributed by atoms with E-state index in [9.17, 15) is 4.79 Å². The molecule has 0 fully saturated rings. The maximum atomic E-state index is 10.7. The molecule has 2 nitrogen and oxygen atoms in total. The summed E-state index contributed by atoms with van der Waals surface area (Å²) in [6.45, 7) is 6.27. The number of aryl methyl sites for hydroxylation is 1. The molecule has 0 aliphatic rings. The molecule has 1 rings (SSSR count). The average Bonchev–Trinajstić information content (AvgIpc) is 2.25. The lowest BCUT2D eigenvalue weighted by Crippen LogP contribution is -2.03. The largest absolute Gasteiger partial charge is 0.298 e. The number of aromatic nitrogens is 1. The summed E-state index contributed by atoms with van der Waals surface area (Å²) in [7, 11) is 0. The van der Waals surface area contributed by atoms with E-state index in [4.69, 9.17) is 0 Å². The van der Waals surface area contributed by atoms with Gasteiger partial charge in [-0.2, -0.15) is 0 Å². The normalized spacial score (nSPS) is 12.5. The maximum Gasteiger partial charge on any atom is 0.151 e. The number of carbonyl (C=O) groups is 1. The summed E-state index contributed by atoms with van der Waals surface area (Å²) in [5.74, 6) is 0.536. The zero-order chi connectivity index (χ0) is 11.3. The molecule has 0 aliphatic carbocycles. The molecular formula is C13H19NO. The minimum atomic E-state index is 0.536. The number of hydrogen-bond donors (Lipinski definition) is 0. The maximum absolute atomic E-state index is 10.7. The molecule has 0 aromatic carbocycles.